The summed E-state index contributed by atoms with van der Waals surface area (Å²) in [5.74, 6) is 0. The molecule has 1 atom stereocenters. The first kappa shape index (κ1) is 16.4. The van der Waals surface area contributed by atoms with E-state index in [-0.39, 0.29) is 10.6 Å². The molecule has 0 bridgehead atoms. The number of hydrogen-bond donors (Lipinski definition) is 0. The second-order valence-corrected chi connectivity index (χ2v) is 6.35. The molecule has 0 saturated heterocycles. The van der Waals surface area contributed by atoms with E-state index in [9.17, 15) is 0 Å². The first-order valence-corrected chi connectivity index (χ1v) is 7.81. The zero-order valence-electron chi connectivity index (χ0n) is 12.4. The maximum absolute atomic E-state index is 3.09. The van der Waals surface area contributed by atoms with Gasteiger partial charge < -0.3 is 5.48 Å². The molecule has 112 valence electrons. The van der Waals surface area contributed by atoms with Crippen molar-refractivity contribution in [2.75, 3.05) is 0 Å². The Morgan fingerprint density at radius 3 is 1.36 bits per heavy atom. The van der Waals surface area contributed by atoms with E-state index in [0.29, 0.717) is 0 Å². The van der Waals surface area contributed by atoms with Gasteiger partial charge in [0, 0.05) is 5.16 Å². The van der Waals surface area contributed by atoms with Gasteiger partial charge in [-0.2, -0.15) is 0 Å². The minimum absolute atomic E-state index is 0. The third kappa shape index (κ3) is 3.44. The highest BCUT2D eigenvalue weighted by atomic mass is 31.0. The van der Waals surface area contributed by atoms with Crippen molar-refractivity contribution in [2.45, 2.75) is 11.6 Å². The topological polar surface area (TPSA) is 31.5 Å². The van der Waals surface area contributed by atoms with Crippen LogP contribution in [0.2, 0.25) is 0 Å². The molecule has 0 fully saturated rings. The van der Waals surface area contributed by atoms with Crippen LogP contribution in [0.4, 0.5) is 0 Å². The molecule has 0 aliphatic heterocycles. The number of benzene rings is 3. The lowest BCUT2D eigenvalue weighted by molar-refractivity contribution is 0.735. The average molecular weight is 308 g/mol. The monoisotopic (exact) mass is 308 g/mol. The average Bonchev–Trinajstić information content (AvgIpc) is 2.57. The van der Waals surface area contributed by atoms with Gasteiger partial charge in [-0.25, -0.2) is 0 Å². The van der Waals surface area contributed by atoms with Crippen molar-refractivity contribution in [3.63, 3.8) is 0 Å². The summed E-state index contributed by atoms with van der Waals surface area (Å²) in [7, 11) is 3.09. The van der Waals surface area contributed by atoms with Crippen molar-refractivity contribution in [3.05, 3.63) is 108 Å². The largest absolute Gasteiger partial charge is 0.412 e. The molecule has 3 rings (SSSR count). The van der Waals surface area contributed by atoms with E-state index in [1.807, 2.05) is 0 Å². The van der Waals surface area contributed by atoms with Gasteiger partial charge in [0.1, 0.15) is 0 Å². The van der Waals surface area contributed by atoms with Crippen LogP contribution in [0.25, 0.3) is 0 Å². The smallest absolute Gasteiger partial charge is 0.0384 e. The van der Waals surface area contributed by atoms with Gasteiger partial charge in [-0.1, -0.05) is 91.0 Å². The summed E-state index contributed by atoms with van der Waals surface area (Å²) in [6.45, 7) is 0. The van der Waals surface area contributed by atoms with Gasteiger partial charge in [-0.15, -0.1) is 9.24 Å². The maximum Gasteiger partial charge on any atom is 0.0384 e. The Morgan fingerprint density at radius 1 is 0.591 bits per heavy atom. The van der Waals surface area contributed by atoms with Crippen molar-refractivity contribution in [1.82, 2.24) is 0 Å². The molecule has 1 nitrogen and oxygen atoms in total. The molecule has 22 heavy (non-hydrogen) atoms. The molecule has 1 unspecified atom stereocenters. The highest BCUT2D eigenvalue weighted by molar-refractivity contribution is 7.19. The van der Waals surface area contributed by atoms with Crippen molar-refractivity contribution in [3.8, 4) is 0 Å². The van der Waals surface area contributed by atoms with E-state index in [0.717, 1.165) is 6.42 Å². The number of hydrogen-bond acceptors (Lipinski definition) is 0. The first-order valence-electron chi connectivity index (χ1n) is 7.23. The highest BCUT2D eigenvalue weighted by Gasteiger charge is 2.29. The predicted octanol–water partition coefficient (Wildman–Crippen LogP) is 4.22. The predicted molar refractivity (Wildman–Crippen MR) is 97.1 cm³/mol. The van der Waals surface area contributed by atoms with Gasteiger partial charge in [0.05, 0.1) is 0 Å². The molecule has 0 heterocycles. The van der Waals surface area contributed by atoms with E-state index in [1.54, 1.807) is 0 Å². The number of rotatable bonds is 4. The third-order valence-electron chi connectivity index (χ3n) is 3.90. The molecule has 2 N–H and O–H groups in total. The second kappa shape index (κ2) is 7.35. The van der Waals surface area contributed by atoms with Crippen LogP contribution in [0.5, 0.6) is 0 Å². The zero-order chi connectivity index (χ0) is 14.5. The van der Waals surface area contributed by atoms with Gasteiger partial charge >= 0.3 is 0 Å². The van der Waals surface area contributed by atoms with Crippen LogP contribution in [0.15, 0.2) is 91.0 Å². The SMILES string of the molecule is O.PC(Cc1ccccc1)(c1ccccc1)c1ccccc1. The summed E-state index contributed by atoms with van der Waals surface area (Å²) >= 11 is 0. The molecule has 0 saturated carbocycles. The second-order valence-electron chi connectivity index (χ2n) is 5.37. The molecule has 0 aliphatic rings. The third-order valence-corrected chi connectivity index (χ3v) is 4.77. The van der Waals surface area contributed by atoms with Crippen LogP contribution in [0.1, 0.15) is 16.7 Å². The lowest BCUT2D eigenvalue weighted by atomic mass is 9.85. The minimum atomic E-state index is -0.0934. The first-order chi connectivity index (χ1) is 10.3. The zero-order valence-corrected chi connectivity index (χ0v) is 13.6. The Bertz CT molecular complexity index is 641. The standard InChI is InChI=1S/C20H19P.H2O/c21-20(18-12-6-2-7-13-18,19-14-8-3-9-15-19)16-17-10-4-1-5-11-17;/h1-15H,16,21H2;1H2. The van der Waals surface area contributed by atoms with Crippen molar-refractivity contribution in [1.29, 1.82) is 0 Å². The highest BCUT2D eigenvalue weighted by Crippen LogP contribution is 2.41. The van der Waals surface area contributed by atoms with E-state index in [1.165, 1.54) is 16.7 Å². The van der Waals surface area contributed by atoms with Gasteiger partial charge in [0.2, 0.25) is 0 Å². The Labute approximate surface area is 134 Å². The van der Waals surface area contributed by atoms with E-state index >= 15 is 0 Å². The summed E-state index contributed by atoms with van der Waals surface area (Å²) in [5, 5.41) is -0.0934. The minimum Gasteiger partial charge on any atom is -0.412 e. The van der Waals surface area contributed by atoms with Gasteiger partial charge in [-0.3, -0.25) is 0 Å². The van der Waals surface area contributed by atoms with Crippen LogP contribution in [-0.4, -0.2) is 5.48 Å². The quantitative estimate of drug-likeness (QED) is 0.646. The summed E-state index contributed by atoms with van der Waals surface area (Å²) < 4.78 is 0. The molecule has 0 aliphatic carbocycles. The Hall–Kier alpha value is -1.95. The summed E-state index contributed by atoms with van der Waals surface area (Å²) in [5.41, 5.74) is 4.00. The fourth-order valence-electron chi connectivity index (χ4n) is 2.76. The van der Waals surface area contributed by atoms with Crippen molar-refractivity contribution in [2.24, 2.45) is 0 Å². The molecule has 3 aromatic carbocycles. The Morgan fingerprint density at radius 2 is 0.955 bits per heavy atom. The molecule has 0 amide bonds. The summed E-state index contributed by atoms with van der Waals surface area (Å²) in [4.78, 5) is 0. The van der Waals surface area contributed by atoms with E-state index in [2.05, 4.69) is 100 Å². The van der Waals surface area contributed by atoms with Gasteiger partial charge in [-0.05, 0) is 23.1 Å². The summed E-state index contributed by atoms with van der Waals surface area (Å²) in [6, 6.07) is 32.1. The van der Waals surface area contributed by atoms with Crippen molar-refractivity contribution < 1.29 is 5.48 Å². The molecule has 2 heteroatoms. The fraction of sp³-hybridized carbons (Fsp3) is 0.100. The normalized spacial score (nSPS) is 10.8. The lowest BCUT2D eigenvalue weighted by Gasteiger charge is -2.31. The fourth-order valence-corrected chi connectivity index (χ4v) is 3.38. The van der Waals surface area contributed by atoms with Crippen LogP contribution in [-0.2, 0) is 11.6 Å². The molecular formula is C20H21OP. The van der Waals surface area contributed by atoms with E-state index < -0.39 is 0 Å². The van der Waals surface area contributed by atoms with Crippen LogP contribution < -0.4 is 0 Å². The van der Waals surface area contributed by atoms with Crippen LogP contribution in [0.3, 0.4) is 0 Å². The van der Waals surface area contributed by atoms with Crippen LogP contribution >= 0.6 is 9.24 Å². The molecule has 0 spiro atoms. The van der Waals surface area contributed by atoms with Crippen LogP contribution in [0, 0.1) is 0 Å². The maximum atomic E-state index is 3.09. The Kier molecular flexibility index (Phi) is 5.49. The molecule has 0 radical (unpaired) electrons. The Balaban J connectivity index is 0.00000176. The van der Waals surface area contributed by atoms with E-state index in [4.69, 9.17) is 0 Å². The summed E-state index contributed by atoms with van der Waals surface area (Å²) in [6.07, 6.45) is 0.965. The lowest BCUT2D eigenvalue weighted by Crippen LogP contribution is -2.22. The van der Waals surface area contributed by atoms with Crippen molar-refractivity contribution >= 4 is 9.24 Å². The molecule has 0 aromatic heterocycles. The molecular weight excluding hydrogens is 287 g/mol. The van der Waals surface area contributed by atoms with Gasteiger partial charge in [0.15, 0.2) is 0 Å². The molecule has 3 aromatic rings. The van der Waals surface area contributed by atoms with Gasteiger partial charge in [0.25, 0.3) is 0 Å².